The van der Waals surface area contributed by atoms with Gasteiger partial charge in [-0.15, -0.1) is 0 Å². The van der Waals surface area contributed by atoms with Crippen molar-refractivity contribution in [1.29, 1.82) is 0 Å². The van der Waals surface area contributed by atoms with Gasteiger partial charge in [0.2, 0.25) is 0 Å². The standard InChI is InChI=1S/C12H11ClN2O/c13-8-3-1-2-7(6-8)12-11-9(14)4-5-10(11)16-15-12/h1-3,6,9H,4-5,14H2. The van der Waals surface area contributed by atoms with Gasteiger partial charge >= 0.3 is 0 Å². The number of fused-ring (bicyclic) bond motifs is 1. The van der Waals surface area contributed by atoms with E-state index in [0.717, 1.165) is 35.4 Å². The lowest BCUT2D eigenvalue weighted by Crippen LogP contribution is -2.06. The molecule has 0 aliphatic heterocycles. The predicted octanol–water partition coefficient (Wildman–Crippen LogP) is 2.94. The summed E-state index contributed by atoms with van der Waals surface area (Å²) in [6, 6.07) is 7.62. The van der Waals surface area contributed by atoms with Gasteiger partial charge in [0.05, 0.1) is 0 Å². The lowest BCUT2D eigenvalue weighted by Gasteiger charge is -2.04. The summed E-state index contributed by atoms with van der Waals surface area (Å²) in [5.74, 6) is 0.919. The van der Waals surface area contributed by atoms with Gasteiger partial charge < -0.3 is 10.3 Å². The highest BCUT2D eigenvalue weighted by molar-refractivity contribution is 6.30. The quantitative estimate of drug-likeness (QED) is 0.826. The van der Waals surface area contributed by atoms with Crippen LogP contribution in [0, 0.1) is 0 Å². The molecule has 0 fully saturated rings. The maximum atomic E-state index is 6.03. The number of nitrogens with two attached hydrogens (primary N) is 1. The minimum absolute atomic E-state index is 0.0373. The van der Waals surface area contributed by atoms with Gasteiger partial charge in [-0.2, -0.15) is 0 Å². The summed E-state index contributed by atoms with van der Waals surface area (Å²) in [6.07, 6.45) is 1.81. The van der Waals surface area contributed by atoms with E-state index in [2.05, 4.69) is 5.16 Å². The molecule has 3 nitrogen and oxygen atoms in total. The SMILES string of the molecule is NC1CCc2onc(-c3cccc(Cl)c3)c21. The van der Waals surface area contributed by atoms with E-state index in [4.69, 9.17) is 21.9 Å². The summed E-state index contributed by atoms with van der Waals surface area (Å²) < 4.78 is 5.30. The van der Waals surface area contributed by atoms with Gasteiger partial charge in [-0.25, -0.2) is 0 Å². The largest absolute Gasteiger partial charge is 0.360 e. The minimum Gasteiger partial charge on any atom is -0.360 e. The van der Waals surface area contributed by atoms with Crippen LogP contribution in [0.2, 0.25) is 5.02 Å². The molecule has 2 N–H and O–H groups in total. The fourth-order valence-electron chi connectivity index (χ4n) is 2.17. The molecule has 0 radical (unpaired) electrons. The summed E-state index contributed by atoms with van der Waals surface area (Å²) >= 11 is 5.96. The Hall–Kier alpha value is -1.32. The van der Waals surface area contributed by atoms with E-state index in [1.165, 1.54) is 0 Å². The van der Waals surface area contributed by atoms with E-state index in [1.807, 2.05) is 24.3 Å². The van der Waals surface area contributed by atoms with Gasteiger partial charge in [-0.05, 0) is 18.6 Å². The predicted molar refractivity (Wildman–Crippen MR) is 62.2 cm³/mol. The molecule has 3 rings (SSSR count). The first-order chi connectivity index (χ1) is 7.75. The van der Waals surface area contributed by atoms with Crippen molar-refractivity contribution in [2.45, 2.75) is 18.9 Å². The molecule has 1 aliphatic rings. The van der Waals surface area contributed by atoms with Crippen molar-refractivity contribution >= 4 is 11.6 Å². The highest BCUT2D eigenvalue weighted by Gasteiger charge is 2.28. The highest BCUT2D eigenvalue weighted by atomic mass is 35.5. The molecule has 1 aliphatic carbocycles. The molecule has 82 valence electrons. The number of nitrogens with zero attached hydrogens (tertiary/aromatic N) is 1. The van der Waals surface area contributed by atoms with E-state index >= 15 is 0 Å². The second-order valence-electron chi connectivity index (χ2n) is 4.02. The van der Waals surface area contributed by atoms with Crippen LogP contribution in [0.15, 0.2) is 28.8 Å². The minimum atomic E-state index is 0.0373. The molecule has 0 saturated heterocycles. The molecule has 1 aromatic heterocycles. The van der Waals surface area contributed by atoms with E-state index in [9.17, 15) is 0 Å². The fraction of sp³-hybridized carbons (Fsp3) is 0.250. The second kappa shape index (κ2) is 3.61. The van der Waals surface area contributed by atoms with Crippen LogP contribution in [0.4, 0.5) is 0 Å². The van der Waals surface area contributed by atoms with Crippen LogP contribution < -0.4 is 5.73 Å². The molecular formula is C12H11ClN2O. The number of hydrogen-bond acceptors (Lipinski definition) is 3. The van der Waals surface area contributed by atoms with Gasteiger partial charge in [0.15, 0.2) is 0 Å². The number of benzene rings is 1. The molecule has 1 heterocycles. The van der Waals surface area contributed by atoms with Crippen molar-refractivity contribution in [2.75, 3.05) is 0 Å². The van der Waals surface area contributed by atoms with Crippen molar-refractivity contribution in [3.63, 3.8) is 0 Å². The summed E-state index contributed by atoms with van der Waals surface area (Å²) in [5.41, 5.74) is 8.88. The Morgan fingerprint density at radius 3 is 3.12 bits per heavy atom. The molecule has 1 unspecified atom stereocenters. The first-order valence-corrected chi connectivity index (χ1v) is 5.63. The summed E-state index contributed by atoms with van der Waals surface area (Å²) in [7, 11) is 0. The van der Waals surface area contributed by atoms with E-state index in [0.29, 0.717) is 5.02 Å². The molecule has 4 heteroatoms. The third-order valence-electron chi connectivity index (χ3n) is 2.95. The number of hydrogen-bond donors (Lipinski definition) is 1. The van der Waals surface area contributed by atoms with Gasteiger partial charge in [0.1, 0.15) is 11.5 Å². The van der Waals surface area contributed by atoms with Crippen molar-refractivity contribution in [2.24, 2.45) is 5.73 Å². The van der Waals surface area contributed by atoms with Gasteiger partial charge in [0.25, 0.3) is 0 Å². The molecule has 1 aromatic carbocycles. The number of rotatable bonds is 1. The molecule has 16 heavy (non-hydrogen) atoms. The third-order valence-corrected chi connectivity index (χ3v) is 3.19. The van der Waals surface area contributed by atoms with Crippen LogP contribution in [0.25, 0.3) is 11.3 Å². The van der Waals surface area contributed by atoms with Crippen molar-refractivity contribution in [3.05, 3.63) is 40.6 Å². The van der Waals surface area contributed by atoms with Crippen LogP contribution in [0.5, 0.6) is 0 Å². The Balaban J connectivity index is 2.14. The monoisotopic (exact) mass is 234 g/mol. The number of aromatic nitrogens is 1. The highest BCUT2D eigenvalue weighted by Crippen LogP contribution is 2.37. The van der Waals surface area contributed by atoms with Crippen LogP contribution >= 0.6 is 11.6 Å². The van der Waals surface area contributed by atoms with Crippen LogP contribution in [0.3, 0.4) is 0 Å². The van der Waals surface area contributed by atoms with Crippen LogP contribution in [-0.4, -0.2) is 5.16 Å². The molecular weight excluding hydrogens is 224 g/mol. The van der Waals surface area contributed by atoms with Gasteiger partial charge in [-0.3, -0.25) is 0 Å². The maximum absolute atomic E-state index is 6.03. The van der Waals surface area contributed by atoms with E-state index in [-0.39, 0.29) is 6.04 Å². The Bertz CT molecular complexity index is 536. The van der Waals surface area contributed by atoms with E-state index < -0.39 is 0 Å². The first kappa shape index (κ1) is 9.87. The van der Waals surface area contributed by atoms with Gasteiger partial charge in [0, 0.05) is 28.6 Å². The maximum Gasteiger partial charge on any atom is 0.142 e. The lowest BCUT2D eigenvalue weighted by molar-refractivity contribution is 0.388. The Morgan fingerprint density at radius 1 is 1.44 bits per heavy atom. The summed E-state index contributed by atoms with van der Waals surface area (Å²) in [4.78, 5) is 0. The zero-order chi connectivity index (χ0) is 11.1. The fourth-order valence-corrected chi connectivity index (χ4v) is 2.36. The smallest absolute Gasteiger partial charge is 0.142 e. The van der Waals surface area contributed by atoms with E-state index in [1.54, 1.807) is 0 Å². The topological polar surface area (TPSA) is 52.0 Å². The molecule has 0 spiro atoms. The average Bonchev–Trinajstić information content (AvgIpc) is 2.82. The third kappa shape index (κ3) is 1.44. The zero-order valence-corrected chi connectivity index (χ0v) is 9.37. The summed E-state index contributed by atoms with van der Waals surface area (Å²) in [6.45, 7) is 0. The Morgan fingerprint density at radius 2 is 2.31 bits per heavy atom. The zero-order valence-electron chi connectivity index (χ0n) is 8.61. The first-order valence-electron chi connectivity index (χ1n) is 5.25. The van der Waals surface area contributed by atoms with Crippen molar-refractivity contribution in [3.8, 4) is 11.3 Å². The van der Waals surface area contributed by atoms with Crippen molar-refractivity contribution < 1.29 is 4.52 Å². The number of aryl methyl sites for hydroxylation is 1. The van der Waals surface area contributed by atoms with Gasteiger partial charge in [-0.1, -0.05) is 28.9 Å². The molecule has 0 amide bonds. The van der Waals surface area contributed by atoms with Crippen LogP contribution in [0.1, 0.15) is 23.8 Å². The molecule has 2 aromatic rings. The second-order valence-corrected chi connectivity index (χ2v) is 4.46. The Kier molecular flexibility index (Phi) is 2.23. The number of halogens is 1. The average molecular weight is 235 g/mol. The lowest BCUT2D eigenvalue weighted by atomic mass is 10.0. The molecule has 1 atom stereocenters. The summed E-state index contributed by atoms with van der Waals surface area (Å²) in [5, 5.41) is 4.78. The van der Waals surface area contributed by atoms with Crippen molar-refractivity contribution in [1.82, 2.24) is 5.16 Å². The molecule has 0 saturated carbocycles. The normalized spacial score (nSPS) is 18.8. The molecule has 0 bridgehead atoms. The Labute approximate surface area is 98.2 Å². The van der Waals surface area contributed by atoms with Crippen LogP contribution in [-0.2, 0) is 6.42 Å².